The Kier molecular flexibility index (Phi) is 5.44. The Morgan fingerprint density at radius 2 is 1.90 bits per heavy atom. The number of rotatable bonds is 4. The van der Waals surface area contributed by atoms with Gasteiger partial charge < -0.3 is 19.9 Å². The SMILES string of the molecule is NC1(OC(=O)NCc2ccc(C(F)(F)F)cc2)CCN(c2ncnc3[nH]ccc23)CC1. The number of ether oxygens (including phenoxy) is 1. The van der Waals surface area contributed by atoms with Gasteiger partial charge in [-0.15, -0.1) is 0 Å². The van der Waals surface area contributed by atoms with E-state index in [1.165, 1.54) is 18.5 Å². The van der Waals surface area contributed by atoms with E-state index in [4.69, 9.17) is 10.5 Å². The van der Waals surface area contributed by atoms with Crippen LogP contribution in [0.3, 0.4) is 0 Å². The van der Waals surface area contributed by atoms with Crippen LogP contribution in [0.1, 0.15) is 24.0 Å². The molecule has 1 aliphatic heterocycles. The third-order valence-corrected chi connectivity index (χ3v) is 5.26. The summed E-state index contributed by atoms with van der Waals surface area (Å²) in [5, 5.41) is 3.44. The Hall–Kier alpha value is -3.34. The highest BCUT2D eigenvalue weighted by Crippen LogP contribution is 2.30. The van der Waals surface area contributed by atoms with E-state index < -0.39 is 23.6 Å². The molecule has 164 valence electrons. The minimum atomic E-state index is -4.40. The zero-order valence-corrected chi connectivity index (χ0v) is 16.4. The highest BCUT2D eigenvalue weighted by molar-refractivity contribution is 5.87. The number of benzene rings is 1. The predicted molar refractivity (Wildman–Crippen MR) is 107 cm³/mol. The molecule has 0 saturated carbocycles. The van der Waals surface area contributed by atoms with Crippen molar-refractivity contribution < 1.29 is 22.7 Å². The number of aromatic amines is 1. The molecule has 1 amide bonds. The minimum Gasteiger partial charge on any atom is -0.428 e. The van der Waals surface area contributed by atoms with Gasteiger partial charge >= 0.3 is 12.3 Å². The first-order valence-corrected chi connectivity index (χ1v) is 9.68. The van der Waals surface area contributed by atoms with Gasteiger partial charge in [0.2, 0.25) is 0 Å². The van der Waals surface area contributed by atoms with Gasteiger partial charge in [0, 0.05) is 38.7 Å². The molecule has 0 spiro atoms. The smallest absolute Gasteiger partial charge is 0.416 e. The number of alkyl halides is 3. The number of halogens is 3. The number of aromatic nitrogens is 3. The third kappa shape index (κ3) is 4.71. The van der Waals surface area contributed by atoms with Crippen molar-refractivity contribution >= 4 is 22.9 Å². The van der Waals surface area contributed by atoms with Gasteiger partial charge in [0.15, 0.2) is 5.72 Å². The molecule has 4 N–H and O–H groups in total. The summed E-state index contributed by atoms with van der Waals surface area (Å²) in [5.74, 6) is 0.792. The van der Waals surface area contributed by atoms with E-state index in [9.17, 15) is 18.0 Å². The lowest BCUT2D eigenvalue weighted by molar-refractivity contribution is -0.137. The average Bonchev–Trinajstić information content (AvgIpc) is 3.21. The van der Waals surface area contributed by atoms with Gasteiger partial charge in [0.25, 0.3) is 0 Å². The molecule has 0 atom stereocenters. The van der Waals surface area contributed by atoms with Crippen LogP contribution in [0, 0.1) is 0 Å². The number of hydrogen-bond donors (Lipinski definition) is 3. The second kappa shape index (κ2) is 8.06. The number of fused-ring (bicyclic) bond motifs is 1. The molecule has 0 radical (unpaired) electrons. The average molecular weight is 434 g/mol. The van der Waals surface area contributed by atoms with Crippen molar-refractivity contribution in [3.8, 4) is 0 Å². The third-order valence-electron chi connectivity index (χ3n) is 5.26. The lowest BCUT2D eigenvalue weighted by Crippen LogP contribution is -2.54. The van der Waals surface area contributed by atoms with Crippen molar-refractivity contribution in [2.75, 3.05) is 18.0 Å². The number of anilines is 1. The van der Waals surface area contributed by atoms with E-state index in [0.29, 0.717) is 31.5 Å². The van der Waals surface area contributed by atoms with Crippen LogP contribution in [0.4, 0.5) is 23.8 Å². The fraction of sp³-hybridized carbons (Fsp3) is 0.350. The molecule has 1 fully saturated rings. The quantitative estimate of drug-likeness (QED) is 0.545. The highest BCUT2D eigenvalue weighted by Gasteiger charge is 2.35. The van der Waals surface area contributed by atoms with Gasteiger partial charge in [-0.1, -0.05) is 12.1 Å². The molecule has 3 heterocycles. The summed E-state index contributed by atoms with van der Waals surface area (Å²) in [7, 11) is 0. The molecule has 1 aromatic carbocycles. The van der Waals surface area contributed by atoms with E-state index in [1.54, 1.807) is 6.20 Å². The number of nitrogens with one attached hydrogen (secondary N) is 2. The molecule has 31 heavy (non-hydrogen) atoms. The number of carbonyl (C=O) groups is 1. The van der Waals surface area contributed by atoms with Gasteiger partial charge in [0.05, 0.1) is 10.9 Å². The molecule has 4 rings (SSSR count). The second-order valence-electron chi connectivity index (χ2n) is 7.43. The van der Waals surface area contributed by atoms with E-state index in [2.05, 4.69) is 25.2 Å². The van der Waals surface area contributed by atoms with E-state index in [-0.39, 0.29) is 6.54 Å². The van der Waals surface area contributed by atoms with Crippen molar-refractivity contribution in [1.29, 1.82) is 0 Å². The first-order valence-electron chi connectivity index (χ1n) is 9.68. The first-order chi connectivity index (χ1) is 14.7. The van der Waals surface area contributed by atoms with Crippen LogP contribution in [0.15, 0.2) is 42.9 Å². The van der Waals surface area contributed by atoms with Gasteiger partial charge in [-0.25, -0.2) is 14.8 Å². The summed E-state index contributed by atoms with van der Waals surface area (Å²) in [4.78, 5) is 25.8. The fourth-order valence-corrected chi connectivity index (χ4v) is 3.52. The normalized spacial score (nSPS) is 16.3. The number of H-pyrrole nitrogens is 1. The van der Waals surface area contributed by atoms with Crippen LogP contribution in [-0.2, 0) is 17.5 Å². The second-order valence-corrected chi connectivity index (χ2v) is 7.43. The topological polar surface area (TPSA) is 109 Å². The molecule has 3 aromatic rings. The minimum absolute atomic E-state index is 0.0333. The Bertz CT molecular complexity index is 1060. The van der Waals surface area contributed by atoms with Crippen LogP contribution in [0.5, 0.6) is 0 Å². The maximum absolute atomic E-state index is 12.6. The maximum atomic E-state index is 12.6. The predicted octanol–water partition coefficient (Wildman–Crippen LogP) is 3.16. The number of amides is 1. The van der Waals surface area contributed by atoms with E-state index >= 15 is 0 Å². The van der Waals surface area contributed by atoms with Crippen LogP contribution in [0.25, 0.3) is 11.0 Å². The van der Waals surface area contributed by atoms with Crippen molar-refractivity contribution in [2.24, 2.45) is 5.73 Å². The summed E-state index contributed by atoms with van der Waals surface area (Å²) < 4.78 is 43.3. The van der Waals surface area contributed by atoms with E-state index in [0.717, 1.165) is 29.0 Å². The number of nitrogens with two attached hydrogens (primary N) is 1. The van der Waals surface area contributed by atoms with E-state index in [1.807, 2.05) is 6.07 Å². The Balaban J connectivity index is 1.30. The molecule has 11 heteroatoms. The molecular weight excluding hydrogens is 413 g/mol. The summed E-state index contributed by atoms with van der Waals surface area (Å²) in [6, 6.07) is 6.46. The number of piperidine rings is 1. The number of hydrogen-bond acceptors (Lipinski definition) is 6. The van der Waals surface area contributed by atoms with Crippen LogP contribution in [-0.4, -0.2) is 39.9 Å². The van der Waals surface area contributed by atoms with Gasteiger partial charge in [-0.3, -0.25) is 5.73 Å². The lowest BCUT2D eigenvalue weighted by Gasteiger charge is -2.38. The summed E-state index contributed by atoms with van der Waals surface area (Å²) in [5.41, 5.74) is 5.64. The molecular formula is C20H21F3N6O2. The molecule has 0 aliphatic carbocycles. The summed E-state index contributed by atoms with van der Waals surface area (Å²) >= 11 is 0. The zero-order valence-electron chi connectivity index (χ0n) is 16.4. The Labute approximate surface area is 175 Å². The van der Waals surface area contributed by atoms with Gasteiger partial charge in [0.1, 0.15) is 17.8 Å². The first kappa shape index (κ1) is 20.9. The van der Waals surface area contributed by atoms with Gasteiger partial charge in [-0.2, -0.15) is 13.2 Å². The summed E-state index contributed by atoms with van der Waals surface area (Å²) in [6.07, 6.45) is -1.03. The van der Waals surface area contributed by atoms with Crippen LogP contribution < -0.4 is 16.0 Å². The summed E-state index contributed by atoms with van der Waals surface area (Å²) in [6.45, 7) is 1.12. The maximum Gasteiger partial charge on any atom is 0.416 e. The number of alkyl carbamates (subject to hydrolysis) is 1. The zero-order chi connectivity index (χ0) is 22.1. The van der Waals surface area contributed by atoms with Crippen molar-refractivity contribution in [2.45, 2.75) is 31.3 Å². The molecule has 2 aromatic heterocycles. The van der Waals surface area contributed by atoms with Crippen LogP contribution >= 0.6 is 0 Å². The molecule has 1 saturated heterocycles. The van der Waals surface area contributed by atoms with Gasteiger partial charge in [-0.05, 0) is 23.8 Å². The molecule has 1 aliphatic rings. The number of nitrogens with zero attached hydrogens (tertiary/aromatic N) is 3. The number of carbonyl (C=O) groups excluding carboxylic acids is 1. The molecule has 0 unspecified atom stereocenters. The van der Waals surface area contributed by atoms with Crippen molar-refractivity contribution in [3.05, 3.63) is 54.0 Å². The standard InChI is InChI=1S/C20H21F3N6O2/c21-20(22,23)14-3-1-13(2-4-14)11-26-18(30)31-19(24)6-9-29(10-7-19)17-15-5-8-25-16(15)27-12-28-17/h1-5,8,12H,6-7,9-11,24H2,(H,26,30)(H,25,27,28). The molecule has 8 nitrogen and oxygen atoms in total. The fourth-order valence-electron chi connectivity index (χ4n) is 3.52. The largest absolute Gasteiger partial charge is 0.428 e. The molecule has 0 bridgehead atoms. The lowest BCUT2D eigenvalue weighted by atomic mass is 10.0. The van der Waals surface area contributed by atoms with Crippen molar-refractivity contribution in [3.63, 3.8) is 0 Å². The van der Waals surface area contributed by atoms with Crippen molar-refractivity contribution in [1.82, 2.24) is 20.3 Å². The van der Waals surface area contributed by atoms with Crippen LogP contribution in [0.2, 0.25) is 0 Å². The highest BCUT2D eigenvalue weighted by atomic mass is 19.4. The Morgan fingerprint density at radius 3 is 2.58 bits per heavy atom. The Morgan fingerprint density at radius 1 is 1.19 bits per heavy atom. The monoisotopic (exact) mass is 434 g/mol.